The lowest BCUT2D eigenvalue weighted by Gasteiger charge is -2.34. The lowest BCUT2D eigenvalue weighted by Crippen LogP contribution is -2.20. The maximum Gasteiger partial charge on any atom is 0.161 e. The first kappa shape index (κ1) is 37.5. The van der Waals surface area contributed by atoms with Crippen LogP contribution in [0.5, 0.6) is 0 Å². The Morgan fingerprint density at radius 3 is 2.11 bits per heavy atom. The molecule has 0 N–H and O–H groups in total. The molecule has 0 aliphatic heterocycles. The van der Waals surface area contributed by atoms with Crippen LogP contribution in [0.15, 0.2) is 138 Å². The quantitative estimate of drug-likeness (QED) is 0.168. The van der Waals surface area contributed by atoms with Gasteiger partial charge in [-0.2, -0.15) is 0 Å². The highest BCUT2D eigenvalue weighted by molar-refractivity contribution is 6.27. The van der Waals surface area contributed by atoms with Crippen LogP contribution in [-0.4, -0.2) is 14.4 Å². The molecule has 61 heavy (non-hydrogen) atoms. The van der Waals surface area contributed by atoms with Crippen molar-refractivity contribution < 1.29 is 4.42 Å². The zero-order valence-electron chi connectivity index (χ0n) is 36.3. The third kappa shape index (κ3) is 6.11. The summed E-state index contributed by atoms with van der Waals surface area (Å²) in [6.45, 7) is 16.0. The van der Waals surface area contributed by atoms with Gasteiger partial charge in [-0.15, -0.1) is 0 Å². The molecule has 0 spiro atoms. The Bertz CT molecular complexity index is 3280. The number of hydrogen-bond acceptors (Lipinski definition) is 4. The van der Waals surface area contributed by atoms with Crippen molar-refractivity contribution >= 4 is 66.6 Å². The predicted molar refractivity (Wildman–Crippen MR) is 255 cm³/mol. The first-order valence-electron chi connectivity index (χ1n) is 22.0. The molecular weight excluding hydrogens is 745 g/mol. The van der Waals surface area contributed by atoms with E-state index >= 15 is 0 Å². The van der Waals surface area contributed by atoms with Gasteiger partial charge < -0.3 is 8.82 Å². The molecule has 5 aromatic carbocycles. The van der Waals surface area contributed by atoms with Crippen LogP contribution in [0.2, 0.25) is 0 Å². The summed E-state index contributed by atoms with van der Waals surface area (Å²) in [5.74, 6) is 2.20. The van der Waals surface area contributed by atoms with E-state index in [1.165, 1.54) is 64.0 Å². The van der Waals surface area contributed by atoms with Crippen molar-refractivity contribution in [2.24, 2.45) is 5.41 Å². The van der Waals surface area contributed by atoms with Gasteiger partial charge in [-0.25, -0.2) is 9.97 Å². The van der Waals surface area contributed by atoms with Crippen molar-refractivity contribution in [3.8, 4) is 22.5 Å². The number of nitrogens with zero attached hydrogens (tertiary/aromatic N) is 4. The molecule has 5 aromatic heterocycles. The van der Waals surface area contributed by atoms with Gasteiger partial charge in [0.2, 0.25) is 0 Å². The number of hydrogen-bond donors (Lipinski definition) is 0. The molecule has 0 radical (unpaired) electrons. The summed E-state index contributed by atoms with van der Waals surface area (Å²) in [5.41, 5.74) is 15.7. The molecule has 5 nitrogen and oxygen atoms in total. The fourth-order valence-corrected chi connectivity index (χ4v) is 10.3. The Hall–Kier alpha value is -6.46. The first-order chi connectivity index (χ1) is 29.4. The van der Waals surface area contributed by atoms with Crippen LogP contribution in [0.4, 0.5) is 17.3 Å². The van der Waals surface area contributed by atoms with Gasteiger partial charge in [0, 0.05) is 27.3 Å². The van der Waals surface area contributed by atoms with E-state index in [9.17, 15) is 0 Å². The molecule has 0 atom stereocenters. The summed E-state index contributed by atoms with van der Waals surface area (Å²) < 4.78 is 9.48. The standard InChI is InChI=1S/C56H52N4O/c1-34-16-13-17-35(2)51(34)60(49-33-39(55(3,4)5)32-45(58-49)37-18-9-8-10-19-37)48-25-15-22-44(57-48)41-21-14-24-47-50(41)53-54(61-47)43-31-38(36-26-28-56(6,7)29-27-36)30-42-40-20-11-12-23-46(40)59(53)52(42)43/h8-25,30-33,36H,26-29H2,1-7H3. The average Bonchev–Trinajstić information content (AvgIpc) is 3.91. The molecule has 302 valence electrons. The number of anilines is 3. The lowest BCUT2D eigenvalue weighted by atomic mass is 9.71. The molecule has 1 fully saturated rings. The van der Waals surface area contributed by atoms with Crippen molar-refractivity contribution in [1.82, 2.24) is 14.4 Å². The number of para-hydroxylation sites is 2. The van der Waals surface area contributed by atoms with Gasteiger partial charge in [-0.05, 0) is 127 Å². The van der Waals surface area contributed by atoms with E-state index in [2.05, 4.69) is 191 Å². The van der Waals surface area contributed by atoms with Crippen LogP contribution in [0, 0.1) is 19.3 Å². The van der Waals surface area contributed by atoms with E-state index in [0.717, 1.165) is 73.0 Å². The number of aryl methyl sites for hydroxylation is 2. The lowest BCUT2D eigenvalue weighted by molar-refractivity contribution is 0.224. The zero-order chi connectivity index (χ0) is 41.8. The molecule has 0 bridgehead atoms. The normalized spacial score (nSPS) is 14.9. The Labute approximate surface area is 358 Å². The van der Waals surface area contributed by atoms with Crippen LogP contribution in [0.1, 0.15) is 88.5 Å². The van der Waals surface area contributed by atoms with E-state index in [1.54, 1.807) is 0 Å². The zero-order valence-corrected chi connectivity index (χ0v) is 36.3. The SMILES string of the molecule is Cc1cccc(C)c1N(c1cc(C(C)(C)C)cc(-c2ccccc2)n1)c1cccc(-c2cccc3oc4c5cc(C6CCC(C)(C)CC6)cc6c7ccccc7n(c65)c4c23)n1. The summed E-state index contributed by atoms with van der Waals surface area (Å²) in [7, 11) is 0. The molecule has 1 aliphatic rings. The van der Waals surface area contributed by atoms with Gasteiger partial charge in [0.1, 0.15) is 22.7 Å². The number of pyridine rings is 2. The van der Waals surface area contributed by atoms with Gasteiger partial charge in [-0.1, -0.05) is 120 Å². The van der Waals surface area contributed by atoms with Crippen LogP contribution in [-0.2, 0) is 5.41 Å². The van der Waals surface area contributed by atoms with Gasteiger partial charge >= 0.3 is 0 Å². The topological polar surface area (TPSA) is 46.6 Å². The fourth-order valence-electron chi connectivity index (χ4n) is 10.3. The highest BCUT2D eigenvalue weighted by Gasteiger charge is 2.31. The maximum atomic E-state index is 7.01. The smallest absolute Gasteiger partial charge is 0.161 e. The van der Waals surface area contributed by atoms with E-state index in [4.69, 9.17) is 14.4 Å². The third-order valence-electron chi connectivity index (χ3n) is 13.6. The van der Waals surface area contributed by atoms with E-state index in [1.807, 2.05) is 0 Å². The van der Waals surface area contributed by atoms with Gasteiger partial charge in [-0.3, -0.25) is 4.90 Å². The van der Waals surface area contributed by atoms with Gasteiger partial charge in [0.05, 0.1) is 33.5 Å². The average molecular weight is 797 g/mol. The molecule has 5 heteroatoms. The second-order valence-corrected chi connectivity index (χ2v) is 19.4. The molecule has 0 saturated heterocycles. The number of aromatic nitrogens is 3. The number of fused-ring (bicyclic) bond motifs is 8. The molecular formula is C56H52N4O. The fraction of sp³-hybridized carbons (Fsp3) is 0.250. The Kier molecular flexibility index (Phi) is 8.48. The van der Waals surface area contributed by atoms with Crippen LogP contribution < -0.4 is 4.90 Å². The molecule has 0 amide bonds. The van der Waals surface area contributed by atoms with Crippen LogP contribution in [0.25, 0.3) is 71.8 Å². The van der Waals surface area contributed by atoms with E-state index < -0.39 is 0 Å². The maximum absolute atomic E-state index is 7.01. The Morgan fingerprint density at radius 1 is 0.656 bits per heavy atom. The minimum atomic E-state index is -0.111. The predicted octanol–water partition coefficient (Wildman–Crippen LogP) is 15.8. The van der Waals surface area contributed by atoms with Crippen molar-refractivity contribution in [3.63, 3.8) is 0 Å². The molecule has 11 rings (SSSR count). The molecule has 5 heterocycles. The molecule has 0 unspecified atom stereocenters. The second-order valence-electron chi connectivity index (χ2n) is 19.4. The Balaban J connectivity index is 1.14. The highest BCUT2D eigenvalue weighted by atomic mass is 16.3. The highest BCUT2D eigenvalue weighted by Crippen LogP contribution is 2.49. The minimum Gasteiger partial charge on any atom is -0.454 e. The van der Waals surface area contributed by atoms with Crippen molar-refractivity contribution in [2.45, 2.75) is 85.5 Å². The third-order valence-corrected chi connectivity index (χ3v) is 13.6. The Morgan fingerprint density at radius 2 is 1.34 bits per heavy atom. The van der Waals surface area contributed by atoms with E-state index in [0.29, 0.717) is 11.3 Å². The van der Waals surface area contributed by atoms with Crippen molar-refractivity contribution in [2.75, 3.05) is 4.90 Å². The van der Waals surface area contributed by atoms with Crippen molar-refractivity contribution in [1.29, 1.82) is 0 Å². The van der Waals surface area contributed by atoms with Crippen molar-refractivity contribution in [3.05, 3.63) is 156 Å². The number of furan rings is 1. The summed E-state index contributed by atoms with van der Waals surface area (Å²) in [6.07, 6.45) is 4.95. The minimum absolute atomic E-state index is 0.111. The molecule has 10 aromatic rings. The summed E-state index contributed by atoms with van der Waals surface area (Å²) in [6, 6.07) is 48.2. The number of benzene rings is 5. The van der Waals surface area contributed by atoms with Gasteiger partial charge in [0.15, 0.2) is 5.58 Å². The second kappa shape index (κ2) is 13.8. The number of rotatable bonds is 6. The summed E-state index contributed by atoms with van der Waals surface area (Å²) >= 11 is 0. The largest absolute Gasteiger partial charge is 0.454 e. The summed E-state index contributed by atoms with van der Waals surface area (Å²) in [5, 5.41) is 4.89. The molecule has 1 aliphatic carbocycles. The van der Waals surface area contributed by atoms with Crippen LogP contribution >= 0.6 is 0 Å². The van der Waals surface area contributed by atoms with Crippen LogP contribution in [0.3, 0.4) is 0 Å². The monoisotopic (exact) mass is 796 g/mol. The van der Waals surface area contributed by atoms with E-state index in [-0.39, 0.29) is 5.41 Å². The molecule has 1 saturated carbocycles. The summed E-state index contributed by atoms with van der Waals surface area (Å²) in [4.78, 5) is 13.3. The first-order valence-corrected chi connectivity index (χ1v) is 22.0. The van der Waals surface area contributed by atoms with Gasteiger partial charge in [0.25, 0.3) is 0 Å².